The topological polar surface area (TPSA) is 29.5 Å². The van der Waals surface area contributed by atoms with Crippen LogP contribution in [0.3, 0.4) is 0 Å². The number of aliphatic hydroxyl groups excluding tert-OH is 1. The molecule has 0 amide bonds. The van der Waals surface area contributed by atoms with E-state index in [0.717, 1.165) is 0 Å². The second-order valence-electron chi connectivity index (χ2n) is 1.82. The molecule has 53 valence electrons. The Morgan fingerprint density at radius 2 is 2.30 bits per heavy atom. The fourth-order valence-corrected chi connectivity index (χ4v) is 0.747. The third kappa shape index (κ3) is 9.25. The number of hydrogen-bond donors (Lipinski definition) is 1. The van der Waals surface area contributed by atoms with Gasteiger partial charge in [0.05, 0.1) is 7.44 Å². The van der Waals surface area contributed by atoms with Crippen LogP contribution in [0.1, 0.15) is 6.92 Å². The van der Waals surface area contributed by atoms with Crippen molar-refractivity contribution < 1.29 is 40.6 Å². The third-order valence-corrected chi connectivity index (χ3v) is 1.49. The molecule has 0 aliphatic rings. The van der Waals surface area contributed by atoms with E-state index in [0.29, 0.717) is 6.61 Å². The van der Waals surface area contributed by atoms with E-state index in [-0.39, 0.29) is 31.1 Å². The van der Waals surface area contributed by atoms with Gasteiger partial charge in [-0.2, -0.15) is 6.92 Å². The van der Waals surface area contributed by atoms with Crippen molar-refractivity contribution in [3.8, 4) is 0 Å². The molecule has 5 heteroatoms. The second kappa shape index (κ2) is 8.35. The Bertz CT molecular complexity index is 74.7. The van der Waals surface area contributed by atoms with Crippen molar-refractivity contribution in [2.45, 2.75) is 19.6 Å². The third-order valence-electron chi connectivity index (χ3n) is 0.867. The van der Waals surface area contributed by atoms with Crippen molar-refractivity contribution in [3.05, 3.63) is 6.42 Å². The van der Waals surface area contributed by atoms with Gasteiger partial charge in [0.25, 0.3) is 0 Å². The van der Waals surface area contributed by atoms with Crippen LogP contribution in [-0.4, -0.2) is 34.2 Å². The molecule has 10 heavy (non-hydrogen) atoms. The van der Waals surface area contributed by atoms with Gasteiger partial charge >= 0.3 is 31.1 Å². The maximum atomic E-state index is 8.89. The van der Waals surface area contributed by atoms with Gasteiger partial charge in [-0.25, -0.2) is 0 Å². The summed E-state index contributed by atoms with van der Waals surface area (Å²) in [6.07, 6.45) is 1.21. The van der Waals surface area contributed by atoms with Crippen LogP contribution < -0.4 is 0 Å². The van der Waals surface area contributed by atoms with Crippen LogP contribution in [0.5, 0.6) is 0 Å². The molecule has 3 radical (unpaired) electrons. The van der Waals surface area contributed by atoms with E-state index < -0.39 is 15.0 Å². The van der Waals surface area contributed by atoms with E-state index in [4.69, 9.17) is 17.0 Å². The van der Waals surface area contributed by atoms with Crippen molar-refractivity contribution in [1.82, 2.24) is 0 Å². The van der Waals surface area contributed by atoms with Gasteiger partial charge < -0.3 is 16.0 Å². The molecule has 1 unspecified atom stereocenters. The number of aliphatic hydroxyl groups is 1. The minimum Gasteiger partial charge on any atom is -0.427 e. The maximum absolute atomic E-state index is 8.89. The molecule has 0 spiro atoms. The summed E-state index contributed by atoms with van der Waals surface area (Å²) in [6.45, 7) is 3.94. The van der Waals surface area contributed by atoms with E-state index >= 15 is 0 Å². The zero-order chi connectivity index (χ0) is 7.28. The first-order valence-electron chi connectivity index (χ1n) is 2.86. The molecule has 0 aliphatic carbocycles. The van der Waals surface area contributed by atoms with Gasteiger partial charge in [-0.15, -0.1) is 0 Å². The van der Waals surface area contributed by atoms with Crippen molar-refractivity contribution in [1.29, 1.82) is 0 Å². The molecule has 0 heterocycles. The Hall–Kier alpha value is 1.25. The largest absolute Gasteiger partial charge is 2.00 e. The monoisotopic (exact) mass is 380 g/mol. The normalized spacial score (nSPS) is 12.8. The first kappa shape index (κ1) is 13.8. The first-order valence-corrected chi connectivity index (χ1v) is 4.84. The standard InChI is InChI=1S/C5H11BO2Si.U/c1-3-5(7)4-8-9(2)6;/h3,5,7H,4H2,1-2H3;/q-1;+2. The summed E-state index contributed by atoms with van der Waals surface area (Å²) in [5.74, 6) is 0. The van der Waals surface area contributed by atoms with Gasteiger partial charge in [0.1, 0.15) is 0 Å². The van der Waals surface area contributed by atoms with Gasteiger partial charge in [0, 0.05) is 6.61 Å². The van der Waals surface area contributed by atoms with Crippen LogP contribution >= 0.6 is 0 Å². The number of rotatable bonds is 4. The molecule has 0 rings (SSSR count). The van der Waals surface area contributed by atoms with Crippen molar-refractivity contribution in [3.63, 3.8) is 0 Å². The Kier molecular flexibility index (Phi) is 11.5. The van der Waals surface area contributed by atoms with E-state index in [1.54, 1.807) is 13.3 Å². The van der Waals surface area contributed by atoms with Crippen LogP contribution in [0.2, 0.25) is 6.55 Å². The molecule has 0 aliphatic heterocycles. The second-order valence-corrected chi connectivity index (χ2v) is 3.33. The molecule has 0 fully saturated rings. The molecule has 2 nitrogen and oxygen atoms in total. The van der Waals surface area contributed by atoms with Crippen LogP contribution in [-0.2, 0) is 4.43 Å². The SMILES string of the molecule is [B][Si](C)OCC(O)[CH-]C.[U+2]. The molecule has 0 aromatic carbocycles. The van der Waals surface area contributed by atoms with Gasteiger partial charge in [0.15, 0.2) is 8.91 Å². The van der Waals surface area contributed by atoms with Gasteiger partial charge in [-0.05, 0) is 6.10 Å². The zero-order valence-electron chi connectivity index (χ0n) is 6.29. The first-order chi connectivity index (χ1) is 4.16. The Labute approximate surface area is 89.2 Å². The van der Waals surface area contributed by atoms with Crippen LogP contribution in [0.25, 0.3) is 0 Å². The molecule has 0 aromatic rings. The average molecular weight is 380 g/mol. The Balaban J connectivity index is 0. The summed E-state index contributed by atoms with van der Waals surface area (Å²) in [5, 5.41) is 8.89. The Morgan fingerprint density at radius 3 is 2.60 bits per heavy atom. The molecule has 0 saturated heterocycles. The summed E-state index contributed by atoms with van der Waals surface area (Å²) in [5.41, 5.74) is 0. The smallest absolute Gasteiger partial charge is 0.427 e. The summed E-state index contributed by atoms with van der Waals surface area (Å²) < 4.78 is 4.99. The van der Waals surface area contributed by atoms with Gasteiger partial charge in [-0.1, -0.05) is 6.55 Å². The summed E-state index contributed by atoms with van der Waals surface area (Å²) in [7, 11) is 4.23. The molecule has 0 saturated carbocycles. The van der Waals surface area contributed by atoms with E-state index in [9.17, 15) is 0 Å². The summed E-state index contributed by atoms with van der Waals surface area (Å²) in [6, 6.07) is 0. The fourth-order valence-electron chi connectivity index (χ4n) is 0.313. The predicted molar refractivity (Wildman–Crippen MR) is 39.3 cm³/mol. The maximum Gasteiger partial charge on any atom is 2.00 e. The van der Waals surface area contributed by atoms with E-state index in [1.165, 1.54) is 0 Å². The number of hydrogen-bond acceptors (Lipinski definition) is 2. The van der Waals surface area contributed by atoms with Crippen molar-refractivity contribution in [2.24, 2.45) is 0 Å². The fraction of sp³-hybridized carbons (Fsp3) is 0.800. The zero-order valence-corrected chi connectivity index (χ0v) is 11.5. The van der Waals surface area contributed by atoms with Crippen LogP contribution in [0.4, 0.5) is 0 Å². The summed E-state index contributed by atoms with van der Waals surface area (Å²) >= 11 is 0. The van der Waals surface area contributed by atoms with Gasteiger partial charge in [0.2, 0.25) is 0 Å². The molecule has 0 aromatic heterocycles. The van der Waals surface area contributed by atoms with Crippen molar-refractivity contribution >= 4 is 16.3 Å². The predicted octanol–water partition coefficient (Wildman–Crippen LogP) is -0.125. The molecular weight excluding hydrogens is 369 g/mol. The molecule has 1 atom stereocenters. The van der Waals surface area contributed by atoms with E-state index in [1.807, 2.05) is 6.55 Å². The Morgan fingerprint density at radius 1 is 1.80 bits per heavy atom. The van der Waals surface area contributed by atoms with Gasteiger partial charge in [-0.3, -0.25) is 0 Å². The quantitative estimate of drug-likeness (QED) is 0.545. The summed E-state index contributed by atoms with van der Waals surface area (Å²) in [4.78, 5) is 0. The van der Waals surface area contributed by atoms with Crippen molar-refractivity contribution in [2.75, 3.05) is 6.61 Å². The van der Waals surface area contributed by atoms with E-state index in [2.05, 4.69) is 0 Å². The minimum atomic E-state index is -1.12. The molecule has 0 bridgehead atoms. The van der Waals surface area contributed by atoms with Crippen LogP contribution in [0.15, 0.2) is 0 Å². The molecular formula is C5H11BO2SiU+. The average Bonchev–Trinajstić information content (AvgIpc) is 1.83. The van der Waals surface area contributed by atoms with Crippen LogP contribution in [0, 0.1) is 37.5 Å². The molecule has 1 N–H and O–H groups in total. The minimum absolute atomic E-state index is 0.